The van der Waals surface area contributed by atoms with Crippen LogP contribution in [0.4, 0.5) is 4.39 Å². The zero-order valence-electron chi connectivity index (χ0n) is 20.6. The summed E-state index contributed by atoms with van der Waals surface area (Å²) < 4.78 is 19.5. The number of nitrogens with zero attached hydrogens (tertiary/aromatic N) is 3. The lowest BCUT2D eigenvalue weighted by Gasteiger charge is -2.15. The number of aromatic hydroxyl groups is 1. The fourth-order valence-corrected chi connectivity index (χ4v) is 4.56. The molecule has 10 nitrogen and oxygen atoms in total. The Balaban J connectivity index is 1.38. The molecule has 2 heterocycles. The van der Waals surface area contributed by atoms with Crippen molar-refractivity contribution >= 4 is 23.4 Å². The van der Waals surface area contributed by atoms with Crippen molar-refractivity contribution in [2.45, 2.75) is 32.4 Å². The summed E-state index contributed by atoms with van der Waals surface area (Å²) in [6, 6.07) is 10.7. The van der Waals surface area contributed by atoms with Crippen LogP contribution in [0, 0.1) is 12.7 Å². The number of nitrogens with one attached hydrogen (secondary N) is 2. The van der Waals surface area contributed by atoms with Gasteiger partial charge in [-0.25, -0.2) is 18.7 Å². The first kappa shape index (κ1) is 24.9. The molecule has 2 aromatic carbocycles. The van der Waals surface area contributed by atoms with Crippen LogP contribution in [0.1, 0.15) is 66.1 Å². The quantitative estimate of drug-likeness (QED) is 0.335. The first-order chi connectivity index (χ1) is 18.2. The number of carbonyl (C=O) groups is 3. The second-order valence-corrected chi connectivity index (χ2v) is 9.03. The predicted octanol–water partition coefficient (Wildman–Crippen LogP) is 3.02. The third kappa shape index (κ3) is 4.65. The van der Waals surface area contributed by atoms with Gasteiger partial charge in [0.05, 0.1) is 24.9 Å². The maximum Gasteiger partial charge on any atom is 0.337 e. The lowest BCUT2D eigenvalue weighted by molar-refractivity contribution is 0.0600. The van der Waals surface area contributed by atoms with Crippen LogP contribution in [0.3, 0.4) is 0 Å². The van der Waals surface area contributed by atoms with E-state index in [1.807, 2.05) is 0 Å². The van der Waals surface area contributed by atoms with Crippen molar-refractivity contribution in [2.24, 2.45) is 0 Å². The Labute approximate surface area is 216 Å². The first-order valence-electron chi connectivity index (χ1n) is 11.9. The topological polar surface area (TPSA) is 135 Å². The monoisotopic (exact) mass is 517 g/mol. The first-order valence-corrected chi connectivity index (χ1v) is 11.9. The van der Waals surface area contributed by atoms with Gasteiger partial charge in [-0.15, -0.1) is 0 Å². The van der Waals surface area contributed by atoms with E-state index in [0.717, 1.165) is 17.3 Å². The maximum absolute atomic E-state index is 13.5. The number of halogens is 1. The van der Waals surface area contributed by atoms with Crippen LogP contribution in [0.15, 0.2) is 48.7 Å². The van der Waals surface area contributed by atoms with Gasteiger partial charge < -0.3 is 20.5 Å². The molecular weight excluding hydrogens is 493 g/mol. The molecule has 3 N–H and O–H groups in total. The summed E-state index contributed by atoms with van der Waals surface area (Å²) in [5.41, 5.74) is 3.28. The van der Waals surface area contributed by atoms with E-state index in [-0.39, 0.29) is 41.2 Å². The zero-order chi connectivity index (χ0) is 27.0. The molecule has 0 saturated heterocycles. The molecule has 0 spiro atoms. The van der Waals surface area contributed by atoms with E-state index in [0.29, 0.717) is 29.5 Å². The highest BCUT2D eigenvalue weighted by Gasteiger charge is 2.27. The highest BCUT2D eigenvalue weighted by molar-refractivity contribution is 5.98. The maximum atomic E-state index is 13.5. The summed E-state index contributed by atoms with van der Waals surface area (Å²) in [5, 5.41) is 19.9. The average Bonchev–Trinajstić information content (AvgIpc) is 3.50. The molecule has 38 heavy (non-hydrogen) atoms. The van der Waals surface area contributed by atoms with Crippen LogP contribution >= 0.6 is 0 Å². The van der Waals surface area contributed by atoms with Crippen molar-refractivity contribution in [3.05, 3.63) is 93.7 Å². The van der Waals surface area contributed by atoms with Crippen LogP contribution < -0.4 is 10.6 Å². The number of aromatic nitrogens is 3. The number of rotatable bonds is 6. The van der Waals surface area contributed by atoms with E-state index in [1.54, 1.807) is 37.3 Å². The standard InChI is InChI=1S/C27H24FN5O5/c1-14-9-15(3-7-19(14)28)12-29-25(35)21-11-22(33-24(31-21)23(34)13-30-33)26(36)32-20-8-5-16-10-17(27(37)38-2)4-6-18(16)20/h3-4,6-7,9-11,13,20,34H,5,8,12H2,1-2H3,(H,29,35)(H,32,36)/t20-/m0/s1. The van der Waals surface area contributed by atoms with Gasteiger partial charge in [-0.1, -0.05) is 18.2 Å². The summed E-state index contributed by atoms with van der Waals surface area (Å²) >= 11 is 0. The van der Waals surface area contributed by atoms with Crippen LogP contribution in [-0.4, -0.2) is 44.6 Å². The van der Waals surface area contributed by atoms with E-state index >= 15 is 0 Å². The fraction of sp³-hybridized carbons (Fsp3) is 0.222. The van der Waals surface area contributed by atoms with E-state index in [4.69, 9.17) is 4.74 Å². The zero-order valence-corrected chi connectivity index (χ0v) is 20.6. The van der Waals surface area contributed by atoms with Crippen LogP contribution in [0.25, 0.3) is 5.65 Å². The van der Waals surface area contributed by atoms with Crippen molar-refractivity contribution in [3.8, 4) is 5.75 Å². The van der Waals surface area contributed by atoms with Gasteiger partial charge in [0.15, 0.2) is 11.4 Å². The second-order valence-electron chi connectivity index (χ2n) is 9.03. The Bertz CT molecular complexity index is 1600. The molecule has 5 rings (SSSR count). The van der Waals surface area contributed by atoms with Crippen molar-refractivity contribution in [3.63, 3.8) is 0 Å². The normalized spacial score (nSPS) is 14.2. The van der Waals surface area contributed by atoms with Gasteiger partial charge in [0.25, 0.3) is 11.8 Å². The predicted molar refractivity (Wildman–Crippen MR) is 133 cm³/mol. The van der Waals surface area contributed by atoms with Crippen molar-refractivity contribution in [1.82, 2.24) is 25.2 Å². The number of amides is 2. The minimum absolute atomic E-state index is 0.0118. The molecule has 11 heteroatoms. The Kier molecular flexibility index (Phi) is 6.50. The van der Waals surface area contributed by atoms with Crippen LogP contribution in [0.2, 0.25) is 0 Å². The number of hydrogen-bond acceptors (Lipinski definition) is 7. The van der Waals surface area contributed by atoms with Crippen LogP contribution in [0.5, 0.6) is 5.75 Å². The SMILES string of the molecule is COC(=O)c1ccc2c(c1)CC[C@@H]2NC(=O)c1cc(C(=O)NCc2ccc(F)c(C)c2)nc2c(O)cnn12. The lowest BCUT2D eigenvalue weighted by atomic mass is 10.0. The molecule has 2 aromatic heterocycles. The molecule has 0 saturated carbocycles. The van der Waals surface area contributed by atoms with Gasteiger partial charge in [0.1, 0.15) is 17.2 Å². The summed E-state index contributed by atoms with van der Waals surface area (Å²) in [4.78, 5) is 42.3. The molecule has 194 valence electrons. The Hall–Kier alpha value is -4.80. The van der Waals surface area contributed by atoms with Gasteiger partial charge in [-0.05, 0) is 60.2 Å². The number of benzene rings is 2. The number of methoxy groups -OCH3 is 1. The Morgan fingerprint density at radius 3 is 2.74 bits per heavy atom. The van der Waals surface area contributed by atoms with E-state index in [2.05, 4.69) is 20.7 Å². The molecule has 2 amide bonds. The third-order valence-electron chi connectivity index (χ3n) is 6.54. The molecule has 0 unspecified atom stereocenters. The fourth-order valence-electron chi connectivity index (χ4n) is 4.56. The molecule has 1 atom stereocenters. The lowest BCUT2D eigenvalue weighted by Crippen LogP contribution is -2.30. The molecule has 0 fully saturated rings. The smallest absolute Gasteiger partial charge is 0.337 e. The van der Waals surface area contributed by atoms with Gasteiger partial charge in [-0.2, -0.15) is 5.10 Å². The van der Waals surface area contributed by atoms with E-state index in [9.17, 15) is 23.9 Å². The molecule has 1 aliphatic carbocycles. The van der Waals surface area contributed by atoms with E-state index < -0.39 is 17.8 Å². The molecule has 0 radical (unpaired) electrons. The van der Waals surface area contributed by atoms with Gasteiger partial charge >= 0.3 is 5.97 Å². The largest absolute Gasteiger partial charge is 0.503 e. The van der Waals surface area contributed by atoms with E-state index in [1.165, 1.54) is 23.8 Å². The van der Waals surface area contributed by atoms with Crippen molar-refractivity contribution in [2.75, 3.05) is 7.11 Å². The summed E-state index contributed by atoms with van der Waals surface area (Å²) in [7, 11) is 1.32. The third-order valence-corrected chi connectivity index (χ3v) is 6.54. The second kappa shape index (κ2) is 9.92. The van der Waals surface area contributed by atoms with Crippen molar-refractivity contribution < 1.29 is 28.6 Å². The number of fused-ring (bicyclic) bond motifs is 2. The summed E-state index contributed by atoms with van der Waals surface area (Å²) in [5.74, 6) is -2.15. The number of carbonyl (C=O) groups excluding carboxylic acids is 3. The molecule has 0 aliphatic heterocycles. The number of hydrogen-bond donors (Lipinski definition) is 3. The highest BCUT2D eigenvalue weighted by atomic mass is 19.1. The summed E-state index contributed by atoms with van der Waals surface area (Å²) in [6.45, 7) is 1.75. The molecule has 4 aromatic rings. The average molecular weight is 518 g/mol. The number of esters is 1. The molecule has 1 aliphatic rings. The van der Waals surface area contributed by atoms with Gasteiger partial charge in [0, 0.05) is 12.6 Å². The Morgan fingerprint density at radius 1 is 1.16 bits per heavy atom. The van der Waals surface area contributed by atoms with Crippen molar-refractivity contribution in [1.29, 1.82) is 0 Å². The molecule has 0 bridgehead atoms. The minimum Gasteiger partial charge on any atom is -0.503 e. The summed E-state index contributed by atoms with van der Waals surface area (Å²) in [6.07, 6.45) is 2.42. The number of aryl methyl sites for hydroxylation is 2. The highest BCUT2D eigenvalue weighted by Crippen LogP contribution is 2.32. The number of ether oxygens (including phenoxy) is 1. The van der Waals surface area contributed by atoms with Gasteiger partial charge in [0.2, 0.25) is 0 Å². The minimum atomic E-state index is -0.578. The molecular formula is C27H24FN5O5. The Morgan fingerprint density at radius 2 is 1.97 bits per heavy atom. The van der Waals surface area contributed by atoms with Gasteiger partial charge in [-0.3, -0.25) is 9.59 Å². The van der Waals surface area contributed by atoms with Crippen LogP contribution in [-0.2, 0) is 17.7 Å².